The lowest BCUT2D eigenvalue weighted by molar-refractivity contribution is -0.143. The molecular weight excluding hydrogens is 400 g/mol. The Bertz CT molecular complexity index is 962. The summed E-state index contributed by atoms with van der Waals surface area (Å²) in [5, 5.41) is 22.9. The number of amides is 2. The molecule has 0 heterocycles. The van der Waals surface area contributed by atoms with E-state index in [0.29, 0.717) is 6.42 Å². The van der Waals surface area contributed by atoms with Crippen molar-refractivity contribution in [3.8, 4) is 11.1 Å². The van der Waals surface area contributed by atoms with Crippen molar-refractivity contribution < 1.29 is 29.3 Å². The van der Waals surface area contributed by atoms with Crippen LogP contribution in [0.3, 0.4) is 0 Å². The van der Waals surface area contributed by atoms with Crippen LogP contribution < -0.4 is 10.6 Å². The van der Waals surface area contributed by atoms with Crippen LogP contribution in [-0.4, -0.2) is 54.0 Å². The molecule has 2 aliphatic carbocycles. The number of carboxylic acids is 1. The second-order valence-corrected chi connectivity index (χ2v) is 7.89. The molecule has 162 valence electrons. The smallest absolute Gasteiger partial charge is 0.407 e. The second kappa shape index (κ2) is 8.77. The van der Waals surface area contributed by atoms with Gasteiger partial charge in [-0.25, -0.2) is 9.59 Å². The molecule has 4 rings (SSSR count). The zero-order valence-electron chi connectivity index (χ0n) is 16.8. The third-order valence-corrected chi connectivity index (χ3v) is 5.91. The van der Waals surface area contributed by atoms with Crippen LogP contribution in [0.1, 0.15) is 23.5 Å². The maximum Gasteiger partial charge on any atom is 0.407 e. The van der Waals surface area contributed by atoms with Crippen molar-refractivity contribution in [3.05, 3.63) is 59.7 Å². The highest BCUT2D eigenvalue weighted by atomic mass is 16.5. The van der Waals surface area contributed by atoms with Crippen molar-refractivity contribution in [2.45, 2.75) is 18.4 Å². The fourth-order valence-corrected chi connectivity index (χ4v) is 4.12. The van der Waals surface area contributed by atoms with Gasteiger partial charge >= 0.3 is 12.1 Å². The van der Waals surface area contributed by atoms with Crippen LogP contribution in [0.5, 0.6) is 0 Å². The van der Waals surface area contributed by atoms with Crippen LogP contribution in [0.25, 0.3) is 11.1 Å². The molecule has 1 fully saturated rings. The van der Waals surface area contributed by atoms with Gasteiger partial charge < -0.3 is 25.6 Å². The van der Waals surface area contributed by atoms with Crippen molar-refractivity contribution >= 4 is 18.0 Å². The van der Waals surface area contributed by atoms with Crippen LogP contribution in [-0.2, 0) is 14.3 Å². The normalized spacial score (nSPS) is 19.6. The molecule has 0 saturated heterocycles. The number of fused-ring (bicyclic) bond motifs is 3. The average Bonchev–Trinajstić information content (AvgIpc) is 3.49. The van der Waals surface area contributed by atoms with Crippen molar-refractivity contribution in [2.24, 2.45) is 11.8 Å². The van der Waals surface area contributed by atoms with Gasteiger partial charge in [-0.1, -0.05) is 48.5 Å². The van der Waals surface area contributed by atoms with E-state index in [0.717, 1.165) is 22.3 Å². The molecule has 3 atom stereocenters. The predicted molar refractivity (Wildman–Crippen MR) is 111 cm³/mol. The highest BCUT2D eigenvalue weighted by Crippen LogP contribution is 2.44. The van der Waals surface area contributed by atoms with E-state index in [-0.39, 0.29) is 30.9 Å². The van der Waals surface area contributed by atoms with E-state index in [1.807, 2.05) is 36.4 Å². The minimum atomic E-state index is -1.32. The fraction of sp³-hybridized carbons (Fsp3) is 0.348. The first-order chi connectivity index (χ1) is 15.0. The van der Waals surface area contributed by atoms with Gasteiger partial charge in [-0.15, -0.1) is 0 Å². The minimum absolute atomic E-state index is 0.0240. The molecule has 0 radical (unpaired) electrons. The highest BCUT2D eigenvalue weighted by Gasteiger charge is 2.44. The Morgan fingerprint density at radius 2 is 1.65 bits per heavy atom. The number of hydrogen-bond donors (Lipinski definition) is 4. The molecule has 1 saturated carbocycles. The summed E-state index contributed by atoms with van der Waals surface area (Å²) in [6.07, 6.45) is -0.000494. The molecule has 0 bridgehead atoms. The molecule has 2 aliphatic rings. The highest BCUT2D eigenvalue weighted by molar-refractivity contribution is 5.87. The van der Waals surface area contributed by atoms with Gasteiger partial charge in [0.1, 0.15) is 12.6 Å². The summed E-state index contributed by atoms with van der Waals surface area (Å²) in [7, 11) is 0. The van der Waals surface area contributed by atoms with Crippen molar-refractivity contribution in [3.63, 3.8) is 0 Å². The first-order valence-corrected chi connectivity index (χ1v) is 10.2. The number of carboxylic acid groups (broad SMARTS) is 1. The number of nitrogens with one attached hydrogen (secondary N) is 2. The first-order valence-electron chi connectivity index (χ1n) is 10.2. The molecule has 8 heteroatoms. The van der Waals surface area contributed by atoms with Crippen molar-refractivity contribution in [1.82, 2.24) is 10.6 Å². The molecule has 31 heavy (non-hydrogen) atoms. The second-order valence-electron chi connectivity index (χ2n) is 7.89. The maximum atomic E-state index is 12.2. The van der Waals surface area contributed by atoms with Gasteiger partial charge in [-0.05, 0) is 34.6 Å². The number of ether oxygens (including phenoxy) is 1. The van der Waals surface area contributed by atoms with Crippen LogP contribution in [0.15, 0.2) is 48.5 Å². The molecule has 2 aromatic carbocycles. The minimum Gasteiger partial charge on any atom is -0.480 e. The summed E-state index contributed by atoms with van der Waals surface area (Å²) >= 11 is 0. The van der Waals surface area contributed by atoms with E-state index in [9.17, 15) is 14.4 Å². The van der Waals surface area contributed by atoms with Crippen LogP contribution in [0, 0.1) is 11.8 Å². The largest absolute Gasteiger partial charge is 0.480 e. The number of aliphatic hydroxyl groups excluding tert-OH is 1. The number of aliphatic carboxylic acids is 1. The van der Waals surface area contributed by atoms with Crippen molar-refractivity contribution in [1.29, 1.82) is 0 Å². The lowest BCUT2D eigenvalue weighted by Gasteiger charge is -2.14. The predicted octanol–water partition coefficient (Wildman–Crippen LogP) is 1.72. The van der Waals surface area contributed by atoms with Crippen molar-refractivity contribution in [2.75, 3.05) is 19.8 Å². The molecule has 0 aromatic heterocycles. The van der Waals surface area contributed by atoms with Gasteiger partial charge in [0.15, 0.2) is 0 Å². The molecule has 4 N–H and O–H groups in total. The molecule has 2 aromatic rings. The summed E-state index contributed by atoms with van der Waals surface area (Å²) < 4.78 is 5.47. The van der Waals surface area contributed by atoms with E-state index in [4.69, 9.17) is 14.9 Å². The Kier molecular flexibility index (Phi) is 5.90. The Labute approximate surface area is 179 Å². The molecule has 8 nitrogen and oxygen atoms in total. The monoisotopic (exact) mass is 424 g/mol. The quantitative estimate of drug-likeness (QED) is 0.511. The Morgan fingerprint density at radius 3 is 2.23 bits per heavy atom. The summed E-state index contributed by atoms with van der Waals surface area (Å²) in [4.78, 5) is 35.1. The summed E-state index contributed by atoms with van der Waals surface area (Å²) in [6, 6.07) is 14.8. The number of carbonyl (C=O) groups excluding carboxylic acids is 2. The van der Waals surface area contributed by atoms with E-state index in [2.05, 4.69) is 22.8 Å². The SMILES string of the molecule is O=C(NC[C@@H]1C[C@@H]1C(=O)N[C@H](CO)C(=O)O)OCC1c2ccccc2-c2ccccc21. The lowest BCUT2D eigenvalue weighted by Crippen LogP contribution is -2.44. The van der Waals surface area contributed by atoms with E-state index in [1.54, 1.807) is 0 Å². The summed E-state index contributed by atoms with van der Waals surface area (Å²) in [5.41, 5.74) is 4.57. The van der Waals surface area contributed by atoms with Gasteiger partial charge in [0.25, 0.3) is 0 Å². The van der Waals surface area contributed by atoms with E-state index < -0.39 is 30.6 Å². The summed E-state index contributed by atoms with van der Waals surface area (Å²) in [5.74, 6) is -2.19. The van der Waals surface area contributed by atoms with Crippen LogP contribution in [0.4, 0.5) is 4.79 Å². The Hall–Kier alpha value is -3.39. The Morgan fingerprint density at radius 1 is 1.03 bits per heavy atom. The van der Waals surface area contributed by atoms with Gasteiger partial charge in [0.2, 0.25) is 5.91 Å². The zero-order valence-corrected chi connectivity index (χ0v) is 16.8. The van der Waals surface area contributed by atoms with E-state index in [1.165, 1.54) is 0 Å². The first kappa shape index (κ1) is 20.9. The standard InChI is InChI=1S/C23H24N2O6/c26-11-20(22(28)29)25-21(27)18-9-13(18)10-24-23(30)31-12-19-16-7-3-1-5-14(16)15-6-2-4-8-17(15)19/h1-8,13,18-20,26H,9-12H2,(H,24,30)(H,25,27)(H,28,29)/t13-,18-,20+/m0/s1. The fourth-order valence-electron chi connectivity index (χ4n) is 4.12. The molecule has 2 amide bonds. The number of carbonyl (C=O) groups is 3. The number of rotatable bonds is 8. The zero-order chi connectivity index (χ0) is 22.0. The molecule has 0 unspecified atom stereocenters. The topological polar surface area (TPSA) is 125 Å². The third-order valence-electron chi connectivity index (χ3n) is 5.91. The van der Waals surface area contributed by atoms with Crippen LogP contribution >= 0.6 is 0 Å². The number of aliphatic hydroxyl groups is 1. The van der Waals surface area contributed by atoms with Gasteiger partial charge in [0, 0.05) is 18.4 Å². The van der Waals surface area contributed by atoms with Gasteiger partial charge in [-0.3, -0.25) is 4.79 Å². The molecule has 0 aliphatic heterocycles. The Balaban J connectivity index is 1.26. The molecule has 0 spiro atoms. The maximum absolute atomic E-state index is 12.2. The van der Waals surface area contributed by atoms with Crippen LogP contribution in [0.2, 0.25) is 0 Å². The number of benzene rings is 2. The van der Waals surface area contributed by atoms with Gasteiger partial charge in [-0.2, -0.15) is 0 Å². The molecular formula is C23H24N2O6. The van der Waals surface area contributed by atoms with Gasteiger partial charge in [0.05, 0.1) is 6.61 Å². The number of alkyl carbamates (subject to hydrolysis) is 1. The lowest BCUT2D eigenvalue weighted by atomic mass is 9.98. The third kappa shape index (κ3) is 4.39. The van der Waals surface area contributed by atoms with E-state index >= 15 is 0 Å². The average molecular weight is 424 g/mol. The summed E-state index contributed by atoms with van der Waals surface area (Å²) in [6.45, 7) is -0.187. The number of hydrogen-bond acceptors (Lipinski definition) is 5.